The van der Waals surface area contributed by atoms with E-state index in [4.69, 9.17) is 10.5 Å². The molecule has 17 heavy (non-hydrogen) atoms. The standard InChI is InChI=1S/C14H8N2O/c1-9(17)12-6-10-4-2-3-5-11(10)13(7-15)14(12)8-16/h2-6H,1H3. The van der Waals surface area contributed by atoms with Crippen molar-refractivity contribution in [1.82, 2.24) is 0 Å². The van der Waals surface area contributed by atoms with Crippen molar-refractivity contribution in [1.29, 1.82) is 10.5 Å². The molecule has 0 aliphatic heterocycles. The molecule has 0 saturated heterocycles. The molecule has 2 aromatic rings. The number of nitriles is 2. The number of nitrogens with zero attached hydrogens (tertiary/aromatic N) is 2. The number of hydrogen-bond acceptors (Lipinski definition) is 3. The van der Waals surface area contributed by atoms with Crippen molar-refractivity contribution in [3.63, 3.8) is 0 Å². The molecule has 0 heterocycles. The van der Waals surface area contributed by atoms with Gasteiger partial charge in [0.05, 0.1) is 11.1 Å². The molecule has 3 nitrogen and oxygen atoms in total. The number of ketones is 1. The van der Waals surface area contributed by atoms with Crippen molar-refractivity contribution < 1.29 is 4.79 Å². The average molecular weight is 220 g/mol. The molecule has 0 radical (unpaired) electrons. The van der Waals surface area contributed by atoms with Gasteiger partial charge < -0.3 is 0 Å². The van der Waals surface area contributed by atoms with Crippen LogP contribution in [0.2, 0.25) is 0 Å². The molecular weight excluding hydrogens is 212 g/mol. The van der Waals surface area contributed by atoms with Crippen molar-refractivity contribution in [2.24, 2.45) is 0 Å². The molecule has 0 N–H and O–H groups in total. The van der Waals surface area contributed by atoms with Gasteiger partial charge in [-0.2, -0.15) is 10.5 Å². The molecule has 0 aliphatic rings. The van der Waals surface area contributed by atoms with E-state index in [1.807, 2.05) is 24.3 Å². The SMILES string of the molecule is CC(=O)c1cc2ccccc2c(C#N)c1C#N. The van der Waals surface area contributed by atoms with Gasteiger partial charge in [0.15, 0.2) is 5.78 Å². The largest absolute Gasteiger partial charge is 0.294 e. The third kappa shape index (κ3) is 1.64. The number of benzene rings is 2. The van der Waals surface area contributed by atoms with Gasteiger partial charge in [-0.1, -0.05) is 24.3 Å². The lowest BCUT2D eigenvalue weighted by Gasteiger charge is -2.06. The van der Waals surface area contributed by atoms with E-state index >= 15 is 0 Å². The van der Waals surface area contributed by atoms with E-state index in [1.165, 1.54) is 6.92 Å². The summed E-state index contributed by atoms with van der Waals surface area (Å²) in [6, 6.07) is 12.9. The minimum Gasteiger partial charge on any atom is -0.294 e. The maximum Gasteiger partial charge on any atom is 0.161 e. The topological polar surface area (TPSA) is 64.7 Å². The first-order valence-corrected chi connectivity index (χ1v) is 5.06. The molecule has 0 unspecified atom stereocenters. The third-order valence-electron chi connectivity index (χ3n) is 2.65. The Morgan fingerprint density at radius 3 is 2.35 bits per heavy atom. The van der Waals surface area contributed by atoms with Crippen LogP contribution in [0.15, 0.2) is 30.3 Å². The maximum atomic E-state index is 11.5. The van der Waals surface area contributed by atoms with Crippen molar-refractivity contribution in [2.75, 3.05) is 0 Å². The highest BCUT2D eigenvalue weighted by Gasteiger charge is 2.15. The molecule has 0 saturated carbocycles. The van der Waals surface area contributed by atoms with E-state index in [0.29, 0.717) is 10.9 Å². The molecule has 0 aromatic heterocycles. The summed E-state index contributed by atoms with van der Waals surface area (Å²) in [6.07, 6.45) is 0. The quantitative estimate of drug-likeness (QED) is 0.694. The van der Waals surface area contributed by atoms with E-state index < -0.39 is 0 Å². The highest BCUT2D eigenvalue weighted by Crippen LogP contribution is 2.25. The van der Waals surface area contributed by atoms with Gasteiger partial charge in [0.2, 0.25) is 0 Å². The number of rotatable bonds is 1. The molecule has 80 valence electrons. The van der Waals surface area contributed by atoms with Crippen LogP contribution >= 0.6 is 0 Å². The molecule has 3 heteroatoms. The Balaban J connectivity index is 3.01. The van der Waals surface area contributed by atoms with Crippen LogP contribution in [0.1, 0.15) is 28.4 Å². The molecule has 0 spiro atoms. The summed E-state index contributed by atoms with van der Waals surface area (Å²) in [7, 11) is 0. The number of Topliss-reactive ketones (excluding diaryl/α,β-unsaturated/α-hetero) is 1. The van der Waals surface area contributed by atoms with Crippen molar-refractivity contribution in [3.05, 3.63) is 47.0 Å². The van der Waals surface area contributed by atoms with Gasteiger partial charge in [0, 0.05) is 10.9 Å². The van der Waals surface area contributed by atoms with E-state index in [9.17, 15) is 4.79 Å². The first-order chi connectivity index (χ1) is 8.19. The number of hydrogen-bond donors (Lipinski definition) is 0. The zero-order valence-electron chi connectivity index (χ0n) is 9.19. The maximum absolute atomic E-state index is 11.5. The summed E-state index contributed by atoms with van der Waals surface area (Å²) in [5, 5.41) is 19.7. The molecule has 0 amide bonds. The normalized spacial score (nSPS) is 9.59. The lowest BCUT2D eigenvalue weighted by molar-refractivity contribution is 0.101. The molecule has 0 bridgehead atoms. The Morgan fingerprint density at radius 1 is 1.12 bits per heavy atom. The van der Waals surface area contributed by atoms with Gasteiger partial charge >= 0.3 is 0 Å². The molecule has 0 fully saturated rings. The predicted molar refractivity (Wildman–Crippen MR) is 63.4 cm³/mol. The van der Waals surface area contributed by atoms with Crippen LogP contribution in [0.3, 0.4) is 0 Å². The number of carbonyl (C=O) groups excluding carboxylic acids is 1. The van der Waals surface area contributed by atoms with Gasteiger partial charge in [-0.05, 0) is 18.4 Å². The zero-order chi connectivity index (χ0) is 12.4. The second-order valence-electron chi connectivity index (χ2n) is 3.68. The molecule has 2 rings (SSSR count). The van der Waals surface area contributed by atoms with Gasteiger partial charge in [0.25, 0.3) is 0 Å². The van der Waals surface area contributed by atoms with Gasteiger partial charge in [-0.3, -0.25) is 4.79 Å². The summed E-state index contributed by atoms with van der Waals surface area (Å²) in [5.74, 6) is -0.205. The van der Waals surface area contributed by atoms with Gasteiger partial charge in [-0.25, -0.2) is 0 Å². The first-order valence-electron chi connectivity index (χ1n) is 5.06. The fourth-order valence-electron chi connectivity index (χ4n) is 1.86. The van der Waals surface area contributed by atoms with Crippen molar-refractivity contribution in [2.45, 2.75) is 6.92 Å². The monoisotopic (exact) mass is 220 g/mol. The minimum absolute atomic E-state index is 0.165. The Kier molecular flexibility index (Phi) is 2.60. The lowest BCUT2D eigenvalue weighted by Crippen LogP contribution is -2.00. The van der Waals surface area contributed by atoms with E-state index in [-0.39, 0.29) is 16.9 Å². The first kappa shape index (κ1) is 10.9. The van der Waals surface area contributed by atoms with Gasteiger partial charge in [0.1, 0.15) is 12.1 Å². The van der Waals surface area contributed by atoms with Crippen LogP contribution in [0, 0.1) is 22.7 Å². The predicted octanol–water partition coefficient (Wildman–Crippen LogP) is 2.79. The average Bonchev–Trinajstić information content (AvgIpc) is 2.36. The highest BCUT2D eigenvalue weighted by molar-refractivity contribution is 6.03. The Bertz CT molecular complexity index is 702. The van der Waals surface area contributed by atoms with Crippen molar-refractivity contribution >= 4 is 16.6 Å². The van der Waals surface area contributed by atoms with Crippen LogP contribution in [0.25, 0.3) is 10.8 Å². The number of carbonyl (C=O) groups is 1. The summed E-state index contributed by atoms with van der Waals surface area (Å²) < 4.78 is 0. The highest BCUT2D eigenvalue weighted by atomic mass is 16.1. The lowest BCUT2D eigenvalue weighted by atomic mass is 9.94. The van der Waals surface area contributed by atoms with E-state index in [2.05, 4.69) is 0 Å². The zero-order valence-corrected chi connectivity index (χ0v) is 9.19. The number of fused-ring (bicyclic) bond motifs is 1. The Hall–Kier alpha value is -2.65. The second-order valence-corrected chi connectivity index (χ2v) is 3.68. The van der Waals surface area contributed by atoms with Crippen molar-refractivity contribution in [3.8, 4) is 12.1 Å². The molecule has 2 aromatic carbocycles. The van der Waals surface area contributed by atoms with Crippen LogP contribution in [-0.4, -0.2) is 5.78 Å². The van der Waals surface area contributed by atoms with Crippen LogP contribution in [0.4, 0.5) is 0 Å². The summed E-state index contributed by atoms with van der Waals surface area (Å²) >= 11 is 0. The Labute approximate surface area is 98.5 Å². The summed E-state index contributed by atoms with van der Waals surface area (Å²) in [4.78, 5) is 11.5. The van der Waals surface area contributed by atoms with Crippen LogP contribution in [-0.2, 0) is 0 Å². The fourth-order valence-corrected chi connectivity index (χ4v) is 1.86. The van der Waals surface area contributed by atoms with Crippen LogP contribution in [0.5, 0.6) is 0 Å². The molecule has 0 atom stereocenters. The van der Waals surface area contributed by atoms with Crippen LogP contribution < -0.4 is 0 Å². The fraction of sp³-hybridized carbons (Fsp3) is 0.0714. The Morgan fingerprint density at radius 2 is 1.76 bits per heavy atom. The van der Waals surface area contributed by atoms with Gasteiger partial charge in [-0.15, -0.1) is 0 Å². The smallest absolute Gasteiger partial charge is 0.161 e. The summed E-state index contributed by atoms with van der Waals surface area (Å²) in [5.41, 5.74) is 0.747. The second kappa shape index (κ2) is 4.08. The van der Waals surface area contributed by atoms with E-state index in [0.717, 1.165) is 5.39 Å². The third-order valence-corrected chi connectivity index (χ3v) is 2.65. The van der Waals surface area contributed by atoms with E-state index in [1.54, 1.807) is 18.2 Å². The minimum atomic E-state index is -0.205. The molecular formula is C14H8N2O. The summed E-state index contributed by atoms with van der Waals surface area (Å²) in [6.45, 7) is 1.39. The molecule has 0 aliphatic carbocycles.